The Labute approximate surface area is 190 Å². The van der Waals surface area contributed by atoms with Crippen LogP contribution < -0.4 is 5.73 Å². The molecule has 2 atom stereocenters. The van der Waals surface area contributed by atoms with Crippen LogP contribution in [-0.4, -0.2) is 50.2 Å². The zero-order valence-corrected chi connectivity index (χ0v) is 21.2. The number of aliphatic hydroxyl groups is 2. The zero-order valence-electron chi connectivity index (χ0n) is 21.2. The van der Waals surface area contributed by atoms with Crippen molar-refractivity contribution in [1.82, 2.24) is 4.90 Å². The van der Waals surface area contributed by atoms with Crippen molar-refractivity contribution in [3.05, 3.63) is 0 Å². The standard InChI is InChI=1S/C25H48N2O4/c1-9-24(30,10-2)19(15-17(5)6)27(22(29)23(13-14-23)21(26)28)20(16-18(7)8)25(31,11-3)12-4/h17-20,30-31H,9-16H2,1-8H3,(H2,26,28)/t19-,20-/m1/s1. The van der Waals surface area contributed by atoms with Gasteiger partial charge in [0.25, 0.3) is 0 Å². The fraction of sp³-hybridized carbons (Fsp3) is 0.920. The fourth-order valence-electron chi connectivity index (χ4n) is 4.96. The molecule has 1 fully saturated rings. The van der Waals surface area contributed by atoms with E-state index in [9.17, 15) is 19.8 Å². The number of carbonyl (C=O) groups excluding carboxylic acids is 2. The lowest BCUT2D eigenvalue weighted by molar-refractivity contribution is -0.169. The summed E-state index contributed by atoms with van der Waals surface area (Å²) >= 11 is 0. The molecule has 0 saturated heterocycles. The largest absolute Gasteiger partial charge is 0.388 e. The highest BCUT2D eigenvalue weighted by Gasteiger charge is 2.61. The van der Waals surface area contributed by atoms with Crippen molar-refractivity contribution in [3.8, 4) is 0 Å². The molecule has 0 bridgehead atoms. The van der Waals surface area contributed by atoms with Gasteiger partial charge in [-0.05, 0) is 63.2 Å². The van der Waals surface area contributed by atoms with E-state index in [0.29, 0.717) is 51.4 Å². The van der Waals surface area contributed by atoms with Crippen LogP contribution in [0.2, 0.25) is 0 Å². The highest BCUT2D eigenvalue weighted by molar-refractivity contribution is 6.07. The van der Waals surface area contributed by atoms with Gasteiger partial charge in [0.2, 0.25) is 11.8 Å². The van der Waals surface area contributed by atoms with Crippen LogP contribution in [0, 0.1) is 17.3 Å². The van der Waals surface area contributed by atoms with Crippen LogP contribution >= 0.6 is 0 Å². The first-order chi connectivity index (χ1) is 14.3. The van der Waals surface area contributed by atoms with Crippen LogP contribution in [0.25, 0.3) is 0 Å². The summed E-state index contributed by atoms with van der Waals surface area (Å²) in [6, 6.07) is -1.000. The van der Waals surface area contributed by atoms with Gasteiger partial charge in [-0.15, -0.1) is 0 Å². The van der Waals surface area contributed by atoms with Crippen molar-refractivity contribution in [3.63, 3.8) is 0 Å². The van der Waals surface area contributed by atoms with Crippen LogP contribution in [-0.2, 0) is 9.59 Å². The smallest absolute Gasteiger partial charge is 0.238 e. The Kier molecular flexibility index (Phi) is 9.58. The number of amides is 2. The molecule has 0 aromatic heterocycles. The zero-order chi connectivity index (χ0) is 24.2. The first-order valence-corrected chi connectivity index (χ1v) is 12.4. The van der Waals surface area contributed by atoms with Crippen molar-refractivity contribution in [2.75, 3.05) is 0 Å². The number of hydrogen-bond donors (Lipinski definition) is 3. The molecule has 0 unspecified atom stereocenters. The minimum Gasteiger partial charge on any atom is -0.388 e. The van der Waals surface area contributed by atoms with Crippen LogP contribution in [0.1, 0.15) is 107 Å². The normalized spacial score (nSPS) is 18.2. The van der Waals surface area contributed by atoms with Crippen molar-refractivity contribution >= 4 is 11.8 Å². The molecule has 4 N–H and O–H groups in total. The number of primary amides is 1. The quantitative estimate of drug-likeness (QED) is 0.355. The van der Waals surface area contributed by atoms with E-state index in [4.69, 9.17) is 5.73 Å². The maximum Gasteiger partial charge on any atom is 0.238 e. The Hall–Kier alpha value is -1.14. The van der Waals surface area contributed by atoms with Crippen molar-refractivity contribution < 1.29 is 19.8 Å². The molecule has 0 aromatic rings. The number of nitrogens with two attached hydrogens (primary N) is 1. The predicted octanol–water partition coefficient (Wildman–Crippen LogP) is 4.01. The molecule has 6 nitrogen and oxygen atoms in total. The summed E-state index contributed by atoms with van der Waals surface area (Å²) in [6.07, 6.45) is 4.01. The number of nitrogens with zero attached hydrogens (tertiary/aromatic N) is 1. The molecule has 1 aliphatic rings. The van der Waals surface area contributed by atoms with Crippen molar-refractivity contribution in [1.29, 1.82) is 0 Å². The van der Waals surface area contributed by atoms with Gasteiger partial charge in [-0.3, -0.25) is 9.59 Å². The summed E-state index contributed by atoms with van der Waals surface area (Å²) in [7, 11) is 0. The molecule has 0 aromatic carbocycles. The summed E-state index contributed by atoms with van der Waals surface area (Å²) in [4.78, 5) is 28.2. The van der Waals surface area contributed by atoms with E-state index >= 15 is 0 Å². The molecular weight excluding hydrogens is 392 g/mol. The van der Waals surface area contributed by atoms with E-state index in [-0.39, 0.29) is 17.7 Å². The van der Waals surface area contributed by atoms with E-state index in [0.717, 1.165) is 0 Å². The molecule has 0 heterocycles. The lowest BCUT2D eigenvalue weighted by atomic mass is 9.76. The van der Waals surface area contributed by atoms with E-state index in [1.54, 1.807) is 4.90 Å². The van der Waals surface area contributed by atoms with Crippen molar-refractivity contribution in [2.45, 2.75) is 130 Å². The lowest BCUT2D eigenvalue weighted by Gasteiger charge is -2.52. The van der Waals surface area contributed by atoms with Gasteiger partial charge in [0, 0.05) is 0 Å². The van der Waals surface area contributed by atoms with E-state index < -0.39 is 34.6 Å². The van der Waals surface area contributed by atoms with Gasteiger partial charge < -0.3 is 20.8 Å². The number of rotatable bonds is 14. The van der Waals surface area contributed by atoms with Gasteiger partial charge in [0.15, 0.2) is 0 Å². The summed E-state index contributed by atoms with van der Waals surface area (Å²) in [6.45, 7) is 16.0. The molecule has 0 spiro atoms. The number of hydrogen-bond acceptors (Lipinski definition) is 4. The minimum atomic E-state index is -1.20. The Morgan fingerprint density at radius 1 is 0.839 bits per heavy atom. The molecule has 0 radical (unpaired) electrons. The fourth-order valence-corrected chi connectivity index (χ4v) is 4.96. The number of carbonyl (C=O) groups is 2. The van der Waals surface area contributed by atoms with Gasteiger partial charge in [0.05, 0.1) is 23.3 Å². The molecular formula is C25H48N2O4. The van der Waals surface area contributed by atoms with Crippen molar-refractivity contribution in [2.24, 2.45) is 23.0 Å². The third-order valence-electron chi connectivity index (χ3n) is 7.62. The average molecular weight is 441 g/mol. The second kappa shape index (κ2) is 10.7. The molecule has 1 rings (SSSR count). The molecule has 6 heteroatoms. The van der Waals surface area contributed by atoms with E-state index in [1.807, 2.05) is 27.7 Å². The average Bonchev–Trinajstić information content (AvgIpc) is 3.52. The molecule has 182 valence electrons. The maximum atomic E-state index is 14.1. The summed E-state index contributed by atoms with van der Waals surface area (Å²) < 4.78 is 0. The minimum absolute atomic E-state index is 0.227. The molecule has 2 amide bonds. The van der Waals surface area contributed by atoms with Gasteiger partial charge in [0.1, 0.15) is 5.41 Å². The van der Waals surface area contributed by atoms with Gasteiger partial charge in [-0.2, -0.15) is 0 Å². The topological polar surface area (TPSA) is 104 Å². The van der Waals surface area contributed by atoms with Crippen LogP contribution in [0.4, 0.5) is 0 Å². The lowest BCUT2D eigenvalue weighted by Crippen LogP contribution is -2.66. The van der Waals surface area contributed by atoms with Crippen LogP contribution in [0.15, 0.2) is 0 Å². The third kappa shape index (κ3) is 5.81. The second-order valence-corrected chi connectivity index (χ2v) is 10.6. The molecule has 31 heavy (non-hydrogen) atoms. The van der Waals surface area contributed by atoms with E-state index in [1.165, 1.54) is 0 Å². The van der Waals surface area contributed by atoms with Gasteiger partial charge >= 0.3 is 0 Å². The molecule has 1 aliphatic carbocycles. The Balaban J connectivity index is 3.77. The first kappa shape index (κ1) is 27.9. The summed E-state index contributed by atoms with van der Waals surface area (Å²) in [5, 5.41) is 23.4. The SMILES string of the molecule is CCC(O)(CC)[C@@H](CC(C)C)N(C(=O)C1(C(N)=O)CC1)[C@H](CC(C)C)C(O)(CC)CC. The van der Waals surface area contributed by atoms with E-state index in [2.05, 4.69) is 27.7 Å². The Morgan fingerprint density at radius 3 is 1.35 bits per heavy atom. The monoisotopic (exact) mass is 440 g/mol. The first-order valence-electron chi connectivity index (χ1n) is 12.4. The third-order valence-corrected chi connectivity index (χ3v) is 7.62. The predicted molar refractivity (Wildman–Crippen MR) is 125 cm³/mol. The van der Waals surface area contributed by atoms with Gasteiger partial charge in [-0.1, -0.05) is 55.4 Å². The Bertz CT molecular complexity index is 573. The second-order valence-electron chi connectivity index (χ2n) is 10.6. The molecule has 0 aliphatic heterocycles. The van der Waals surface area contributed by atoms with Gasteiger partial charge in [-0.25, -0.2) is 0 Å². The summed E-state index contributed by atoms with van der Waals surface area (Å²) in [5.41, 5.74) is 2.30. The highest BCUT2D eigenvalue weighted by Crippen LogP contribution is 2.50. The summed E-state index contributed by atoms with van der Waals surface area (Å²) in [5.74, 6) is -0.450. The molecule has 1 saturated carbocycles. The highest BCUT2D eigenvalue weighted by atomic mass is 16.3. The van der Waals surface area contributed by atoms with Crippen LogP contribution in [0.5, 0.6) is 0 Å². The Morgan fingerprint density at radius 2 is 1.16 bits per heavy atom. The maximum absolute atomic E-state index is 14.1. The van der Waals surface area contributed by atoms with Crippen LogP contribution in [0.3, 0.4) is 0 Å².